The van der Waals surface area contributed by atoms with Gasteiger partial charge >= 0.3 is 0 Å². The molecule has 0 atom stereocenters. The van der Waals surface area contributed by atoms with Crippen molar-refractivity contribution < 1.29 is 9.59 Å². The first-order valence-electron chi connectivity index (χ1n) is 7.41. The first kappa shape index (κ1) is 16.1. The molecule has 0 aliphatic heterocycles. The molecule has 0 saturated heterocycles. The van der Waals surface area contributed by atoms with E-state index in [1.807, 2.05) is 13.0 Å². The second kappa shape index (κ2) is 6.37. The number of anilines is 2. The maximum Gasteiger partial charge on any atom is 0.258 e. The van der Waals surface area contributed by atoms with Crippen molar-refractivity contribution in [2.24, 2.45) is 0 Å². The van der Waals surface area contributed by atoms with Crippen LogP contribution in [0.3, 0.4) is 0 Å². The third kappa shape index (κ3) is 3.26. The molecule has 0 spiro atoms. The predicted molar refractivity (Wildman–Crippen MR) is 96.7 cm³/mol. The Morgan fingerprint density at radius 1 is 1.00 bits per heavy atom. The monoisotopic (exact) mass is 341 g/mol. The summed E-state index contributed by atoms with van der Waals surface area (Å²) in [5.74, 6) is -0.340. The Bertz CT molecular complexity index is 929. The van der Waals surface area contributed by atoms with Crippen LogP contribution in [-0.2, 0) is 4.79 Å². The topological polar surface area (TPSA) is 74.0 Å². The van der Waals surface area contributed by atoms with E-state index in [1.165, 1.54) is 6.92 Å². The highest BCUT2D eigenvalue weighted by Gasteiger charge is 2.16. The van der Waals surface area contributed by atoms with Crippen LogP contribution in [0.25, 0.3) is 10.9 Å². The molecule has 122 valence electrons. The Morgan fingerprint density at radius 3 is 2.25 bits per heavy atom. The lowest BCUT2D eigenvalue weighted by Crippen LogP contribution is -2.13. The van der Waals surface area contributed by atoms with Crippen molar-refractivity contribution in [3.63, 3.8) is 0 Å². The van der Waals surface area contributed by atoms with E-state index >= 15 is 0 Å². The number of hydrogen-bond donors (Lipinski definition) is 3. The van der Waals surface area contributed by atoms with Crippen molar-refractivity contribution in [3.8, 4) is 0 Å². The van der Waals surface area contributed by atoms with Crippen molar-refractivity contribution in [3.05, 3.63) is 58.7 Å². The number of nitrogens with one attached hydrogen (secondary N) is 3. The van der Waals surface area contributed by atoms with Crippen LogP contribution in [-0.4, -0.2) is 16.8 Å². The van der Waals surface area contributed by atoms with Gasteiger partial charge in [0.15, 0.2) is 0 Å². The fourth-order valence-corrected chi connectivity index (χ4v) is 2.80. The van der Waals surface area contributed by atoms with E-state index in [1.54, 1.807) is 36.4 Å². The lowest BCUT2D eigenvalue weighted by molar-refractivity contribution is -0.114. The Hall–Kier alpha value is -2.79. The van der Waals surface area contributed by atoms with Crippen LogP contribution < -0.4 is 10.6 Å². The largest absolute Gasteiger partial charge is 0.358 e. The normalized spacial score (nSPS) is 10.6. The molecule has 0 unspecified atom stereocenters. The van der Waals surface area contributed by atoms with Gasteiger partial charge in [0, 0.05) is 39.9 Å². The molecule has 0 saturated carbocycles. The zero-order chi connectivity index (χ0) is 17.3. The smallest absolute Gasteiger partial charge is 0.258 e. The number of aromatic nitrogens is 1. The van der Waals surface area contributed by atoms with Crippen LogP contribution in [0.15, 0.2) is 42.5 Å². The fourth-order valence-electron chi connectivity index (χ4n) is 2.63. The number of benzene rings is 2. The lowest BCUT2D eigenvalue weighted by atomic mass is 10.1. The highest BCUT2D eigenvalue weighted by Crippen LogP contribution is 2.26. The van der Waals surface area contributed by atoms with E-state index in [2.05, 4.69) is 15.6 Å². The van der Waals surface area contributed by atoms with E-state index < -0.39 is 0 Å². The highest BCUT2D eigenvalue weighted by molar-refractivity contribution is 6.31. The summed E-state index contributed by atoms with van der Waals surface area (Å²) in [6.07, 6.45) is 0. The first-order chi connectivity index (χ1) is 11.4. The van der Waals surface area contributed by atoms with Crippen molar-refractivity contribution >= 4 is 45.7 Å². The number of carbonyl (C=O) groups excluding carboxylic acids is 2. The summed E-state index contributed by atoms with van der Waals surface area (Å²) in [7, 11) is 0. The molecular formula is C18H16ClN3O2. The maximum absolute atomic E-state index is 12.6. The van der Waals surface area contributed by atoms with Crippen molar-refractivity contribution in [2.75, 3.05) is 10.6 Å². The summed E-state index contributed by atoms with van der Waals surface area (Å²) in [5, 5.41) is 6.99. The van der Waals surface area contributed by atoms with E-state index in [0.717, 1.165) is 16.6 Å². The van der Waals surface area contributed by atoms with Gasteiger partial charge in [0.25, 0.3) is 5.91 Å². The number of halogens is 1. The summed E-state index contributed by atoms with van der Waals surface area (Å²) in [6.45, 7) is 3.30. The minimum Gasteiger partial charge on any atom is -0.358 e. The first-order valence-corrected chi connectivity index (χ1v) is 7.78. The van der Waals surface area contributed by atoms with Gasteiger partial charge in [-0.2, -0.15) is 0 Å². The Balaban J connectivity index is 1.85. The van der Waals surface area contributed by atoms with E-state index in [9.17, 15) is 9.59 Å². The molecule has 0 bridgehead atoms. The minimum atomic E-state index is -0.201. The van der Waals surface area contributed by atoms with Gasteiger partial charge in [-0.25, -0.2) is 0 Å². The van der Waals surface area contributed by atoms with E-state index in [0.29, 0.717) is 22.0 Å². The molecule has 1 heterocycles. The average Bonchev–Trinajstić information content (AvgIpc) is 2.83. The van der Waals surface area contributed by atoms with E-state index in [-0.39, 0.29) is 11.8 Å². The molecule has 0 aliphatic rings. The zero-order valence-corrected chi connectivity index (χ0v) is 14.0. The van der Waals surface area contributed by atoms with Crippen molar-refractivity contribution in [2.45, 2.75) is 13.8 Å². The lowest BCUT2D eigenvalue weighted by Gasteiger charge is -2.07. The number of amides is 2. The molecule has 0 fully saturated rings. The summed E-state index contributed by atoms with van der Waals surface area (Å²) in [6, 6.07) is 12.3. The molecule has 0 radical (unpaired) electrons. The second-order valence-corrected chi connectivity index (χ2v) is 5.96. The molecule has 6 heteroatoms. The number of fused-ring (bicyclic) bond motifs is 1. The van der Waals surface area contributed by atoms with Crippen LogP contribution in [0, 0.1) is 6.92 Å². The van der Waals surface area contributed by atoms with Crippen LogP contribution >= 0.6 is 11.6 Å². The van der Waals surface area contributed by atoms with Gasteiger partial charge in [-0.15, -0.1) is 0 Å². The maximum atomic E-state index is 12.6. The molecule has 24 heavy (non-hydrogen) atoms. The average molecular weight is 342 g/mol. The van der Waals surface area contributed by atoms with Crippen molar-refractivity contribution in [1.82, 2.24) is 4.98 Å². The third-order valence-corrected chi connectivity index (χ3v) is 3.87. The number of H-pyrrole nitrogens is 1. The number of carbonyl (C=O) groups is 2. The number of aryl methyl sites for hydroxylation is 1. The SMILES string of the molecule is CC(=O)Nc1ccc(NC(=O)c2c(C)[nH]c3cc(Cl)ccc23)cc1. The fraction of sp³-hybridized carbons (Fsp3) is 0.111. The summed E-state index contributed by atoms with van der Waals surface area (Å²) in [4.78, 5) is 26.8. The number of aromatic amines is 1. The summed E-state index contributed by atoms with van der Waals surface area (Å²) < 4.78 is 0. The Labute approximate surface area is 144 Å². The summed E-state index contributed by atoms with van der Waals surface area (Å²) in [5.41, 5.74) is 3.52. The predicted octanol–water partition coefficient (Wildman–Crippen LogP) is 4.34. The van der Waals surface area contributed by atoms with Gasteiger partial charge in [-0.05, 0) is 43.3 Å². The number of hydrogen-bond acceptors (Lipinski definition) is 2. The molecule has 2 amide bonds. The van der Waals surface area contributed by atoms with Gasteiger partial charge in [0.05, 0.1) is 5.56 Å². The second-order valence-electron chi connectivity index (χ2n) is 5.53. The minimum absolute atomic E-state index is 0.139. The Morgan fingerprint density at radius 2 is 1.62 bits per heavy atom. The van der Waals surface area contributed by atoms with Crippen LogP contribution in [0.1, 0.15) is 23.0 Å². The standard InChI is InChI=1S/C18H16ClN3O2/c1-10-17(15-8-3-12(19)9-16(15)20-10)18(24)22-14-6-4-13(5-7-14)21-11(2)23/h3-9,20H,1-2H3,(H,21,23)(H,22,24). The molecule has 3 aromatic rings. The highest BCUT2D eigenvalue weighted by atomic mass is 35.5. The van der Waals surface area contributed by atoms with Crippen molar-refractivity contribution in [1.29, 1.82) is 0 Å². The van der Waals surface area contributed by atoms with Gasteiger partial charge in [0.1, 0.15) is 0 Å². The molecular weight excluding hydrogens is 326 g/mol. The van der Waals surface area contributed by atoms with Gasteiger partial charge in [0.2, 0.25) is 5.91 Å². The van der Waals surface area contributed by atoms with E-state index in [4.69, 9.17) is 11.6 Å². The Kier molecular flexibility index (Phi) is 4.27. The summed E-state index contributed by atoms with van der Waals surface area (Å²) >= 11 is 5.99. The molecule has 0 aliphatic carbocycles. The van der Waals surface area contributed by atoms with Gasteiger partial charge in [-0.3, -0.25) is 9.59 Å². The quantitative estimate of drug-likeness (QED) is 0.663. The molecule has 3 N–H and O–H groups in total. The van der Waals surface area contributed by atoms with Crippen LogP contribution in [0.5, 0.6) is 0 Å². The number of rotatable bonds is 3. The third-order valence-electron chi connectivity index (χ3n) is 3.64. The van der Waals surface area contributed by atoms with Gasteiger partial charge < -0.3 is 15.6 Å². The molecule has 3 rings (SSSR count). The molecule has 5 nitrogen and oxygen atoms in total. The molecule has 1 aromatic heterocycles. The van der Waals surface area contributed by atoms with Crippen LogP contribution in [0.2, 0.25) is 5.02 Å². The van der Waals surface area contributed by atoms with Crippen LogP contribution in [0.4, 0.5) is 11.4 Å². The molecule has 2 aromatic carbocycles. The zero-order valence-electron chi connectivity index (χ0n) is 13.2. The van der Waals surface area contributed by atoms with Gasteiger partial charge in [-0.1, -0.05) is 17.7 Å².